The maximum atomic E-state index is 13.1. The Hall–Kier alpha value is -1.33. The van der Waals surface area contributed by atoms with E-state index in [9.17, 15) is 4.39 Å². The third-order valence-electron chi connectivity index (χ3n) is 1.99. The SMILES string of the molecule is C#Cc1c(F)cccc1C(C)CO. The van der Waals surface area contributed by atoms with Crippen LogP contribution in [0.3, 0.4) is 0 Å². The summed E-state index contributed by atoms with van der Waals surface area (Å²) >= 11 is 0. The molecule has 1 aromatic carbocycles. The van der Waals surface area contributed by atoms with Crippen LogP contribution in [-0.2, 0) is 0 Å². The highest BCUT2D eigenvalue weighted by Crippen LogP contribution is 2.20. The molecule has 1 atom stereocenters. The fourth-order valence-electron chi connectivity index (χ4n) is 1.20. The van der Waals surface area contributed by atoms with Crippen molar-refractivity contribution in [2.45, 2.75) is 12.8 Å². The molecule has 0 bridgehead atoms. The van der Waals surface area contributed by atoms with Crippen LogP contribution in [0.1, 0.15) is 24.0 Å². The van der Waals surface area contributed by atoms with Gasteiger partial charge in [-0.1, -0.05) is 25.0 Å². The third-order valence-corrected chi connectivity index (χ3v) is 1.99. The van der Waals surface area contributed by atoms with Gasteiger partial charge in [0.15, 0.2) is 0 Å². The minimum Gasteiger partial charge on any atom is -0.396 e. The van der Waals surface area contributed by atoms with Crippen LogP contribution in [0.15, 0.2) is 18.2 Å². The second-order valence-electron chi connectivity index (χ2n) is 2.93. The van der Waals surface area contributed by atoms with Gasteiger partial charge in [-0.15, -0.1) is 6.42 Å². The van der Waals surface area contributed by atoms with E-state index in [-0.39, 0.29) is 18.1 Å². The number of terminal acetylenes is 1. The number of halogens is 1. The standard InChI is InChI=1S/C11H11FO/c1-3-9-10(8(2)7-13)5-4-6-11(9)12/h1,4-6,8,13H,7H2,2H3. The molecule has 1 unspecified atom stereocenters. The predicted octanol–water partition coefficient (Wildman–Crippen LogP) is 1.90. The lowest BCUT2D eigenvalue weighted by Gasteiger charge is -2.10. The Kier molecular flexibility index (Phi) is 3.05. The van der Waals surface area contributed by atoms with E-state index in [0.717, 1.165) is 0 Å². The lowest BCUT2D eigenvalue weighted by atomic mass is 9.96. The second-order valence-corrected chi connectivity index (χ2v) is 2.93. The van der Waals surface area contributed by atoms with Crippen LogP contribution in [0.4, 0.5) is 4.39 Å². The molecular weight excluding hydrogens is 167 g/mol. The van der Waals surface area contributed by atoms with Gasteiger partial charge in [0.05, 0.1) is 5.56 Å². The van der Waals surface area contributed by atoms with Crippen LogP contribution in [-0.4, -0.2) is 11.7 Å². The molecule has 13 heavy (non-hydrogen) atoms. The highest BCUT2D eigenvalue weighted by atomic mass is 19.1. The molecule has 2 heteroatoms. The van der Waals surface area contributed by atoms with E-state index in [0.29, 0.717) is 5.56 Å². The fourth-order valence-corrected chi connectivity index (χ4v) is 1.20. The molecule has 1 aromatic rings. The zero-order valence-corrected chi connectivity index (χ0v) is 7.42. The summed E-state index contributed by atoms with van der Waals surface area (Å²) in [4.78, 5) is 0. The number of rotatable bonds is 2. The number of benzene rings is 1. The Morgan fingerprint density at radius 2 is 2.31 bits per heavy atom. The summed E-state index contributed by atoms with van der Waals surface area (Å²) in [6.45, 7) is 1.77. The summed E-state index contributed by atoms with van der Waals surface area (Å²) in [5.41, 5.74) is 0.939. The Bertz CT molecular complexity index is 338. The van der Waals surface area contributed by atoms with Crippen LogP contribution in [0.25, 0.3) is 0 Å². The lowest BCUT2D eigenvalue weighted by molar-refractivity contribution is 0.272. The molecular formula is C11H11FO. The van der Waals surface area contributed by atoms with Gasteiger partial charge < -0.3 is 5.11 Å². The molecule has 1 nitrogen and oxygen atoms in total. The van der Waals surface area contributed by atoms with Gasteiger partial charge in [0.2, 0.25) is 0 Å². The first-order chi connectivity index (χ1) is 6.20. The molecule has 0 amide bonds. The average Bonchev–Trinajstić information content (AvgIpc) is 2.16. The van der Waals surface area contributed by atoms with Crippen molar-refractivity contribution in [2.75, 3.05) is 6.61 Å². The summed E-state index contributed by atoms with van der Waals surface area (Å²) in [5, 5.41) is 8.91. The van der Waals surface area contributed by atoms with E-state index in [1.807, 2.05) is 0 Å². The lowest BCUT2D eigenvalue weighted by Crippen LogP contribution is -2.03. The Morgan fingerprint density at radius 1 is 1.62 bits per heavy atom. The smallest absolute Gasteiger partial charge is 0.139 e. The molecule has 0 saturated carbocycles. The van der Waals surface area contributed by atoms with Crippen molar-refractivity contribution in [3.05, 3.63) is 35.1 Å². The normalized spacial score (nSPS) is 12.2. The van der Waals surface area contributed by atoms with Crippen molar-refractivity contribution in [3.8, 4) is 12.3 Å². The van der Waals surface area contributed by atoms with E-state index < -0.39 is 5.82 Å². The molecule has 0 aliphatic rings. The number of hydrogen-bond donors (Lipinski definition) is 1. The highest BCUT2D eigenvalue weighted by Gasteiger charge is 2.11. The second kappa shape index (κ2) is 4.06. The monoisotopic (exact) mass is 178 g/mol. The summed E-state index contributed by atoms with van der Waals surface area (Å²) in [7, 11) is 0. The van der Waals surface area contributed by atoms with Gasteiger partial charge in [-0.2, -0.15) is 0 Å². The van der Waals surface area contributed by atoms with E-state index >= 15 is 0 Å². The van der Waals surface area contributed by atoms with Crippen molar-refractivity contribution in [1.29, 1.82) is 0 Å². The van der Waals surface area contributed by atoms with E-state index in [1.54, 1.807) is 19.1 Å². The molecule has 0 spiro atoms. The molecule has 0 saturated heterocycles. The van der Waals surface area contributed by atoms with Crippen LogP contribution in [0, 0.1) is 18.2 Å². The first kappa shape index (κ1) is 9.76. The molecule has 0 fully saturated rings. The number of aliphatic hydroxyl groups excluding tert-OH is 1. The van der Waals surface area contributed by atoms with Crippen LogP contribution >= 0.6 is 0 Å². The minimum absolute atomic E-state index is 0.0296. The van der Waals surface area contributed by atoms with Gasteiger partial charge in [0.1, 0.15) is 5.82 Å². The first-order valence-electron chi connectivity index (χ1n) is 4.06. The van der Waals surface area contributed by atoms with Gasteiger partial charge in [-0.25, -0.2) is 4.39 Å². The number of hydrogen-bond acceptors (Lipinski definition) is 1. The fraction of sp³-hybridized carbons (Fsp3) is 0.273. The summed E-state index contributed by atoms with van der Waals surface area (Å²) in [6.07, 6.45) is 5.17. The topological polar surface area (TPSA) is 20.2 Å². The third kappa shape index (κ3) is 1.88. The zero-order chi connectivity index (χ0) is 9.84. The van der Waals surface area contributed by atoms with Crippen molar-refractivity contribution in [3.63, 3.8) is 0 Å². The highest BCUT2D eigenvalue weighted by molar-refractivity contribution is 5.42. The minimum atomic E-state index is -0.402. The molecule has 0 aliphatic heterocycles. The maximum Gasteiger partial charge on any atom is 0.139 e. The average molecular weight is 178 g/mol. The largest absolute Gasteiger partial charge is 0.396 e. The van der Waals surface area contributed by atoms with Gasteiger partial charge in [0, 0.05) is 12.5 Å². The maximum absolute atomic E-state index is 13.1. The van der Waals surface area contributed by atoms with E-state index in [1.165, 1.54) is 6.07 Å². The van der Waals surface area contributed by atoms with Crippen LogP contribution in [0.2, 0.25) is 0 Å². The zero-order valence-electron chi connectivity index (χ0n) is 7.42. The molecule has 0 radical (unpaired) electrons. The van der Waals surface area contributed by atoms with Gasteiger partial charge in [-0.05, 0) is 11.6 Å². The summed E-state index contributed by atoms with van der Waals surface area (Å²) in [5.74, 6) is 1.77. The molecule has 0 aromatic heterocycles. The van der Waals surface area contributed by atoms with Gasteiger partial charge in [-0.3, -0.25) is 0 Å². The van der Waals surface area contributed by atoms with Crippen molar-refractivity contribution in [1.82, 2.24) is 0 Å². The molecule has 0 aliphatic carbocycles. The van der Waals surface area contributed by atoms with Gasteiger partial charge >= 0.3 is 0 Å². The van der Waals surface area contributed by atoms with Crippen molar-refractivity contribution in [2.24, 2.45) is 0 Å². The summed E-state index contributed by atoms with van der Waals surface area (Å²) in [6, 6.07) is 4.65. The van der Waals surface area contributed by atoms with E-state index in [2.05, 4.69) is 5.92 Å². The van der Waals surface area contributed by atoms with Crippen molar-refractivity contribution >= 4 is 0 Å². The Balaban J connectivity index is 3.22. The van der Waals surface area contributed by atoms with Crippen LogP contribution in [0.5, 0.6) is 0 Å². The number of aliphatic hydroxyl groups is 1. The van der Waals surface area contributed by atoms with Gasteiger partial charge in [0.25, 0.3) is 0 Å². The summed E-state index contributed by atoms with van der Waals surface area (Å²) < 4.78 is 13.1. The van der Waals surface area contributed by atoms with E-state index in [4.69, 9.17) is 11.5 Å². The molecule has 1 N–H and O–H groups in total. The predicted molar refractivity (Wildman–Crippen MR) is 49.8 cm³/mol. The first-order valence-corrected chi connectivity index (χ1v) is 4.06. The van der Waals surface area contributed by atoms with Crippen molar-refractivity contribution < 1.29 is 9.50 Å². The van der Waals surface area contributed by atoms with Crippen LogP contribution < -0.4 is 0 Å². The molecule has 1 rings (SSSR count). The molecule has 0 heterocycles. The Morgan fingerprint density at radius 3 is 2.85 bits per heavy atom. The quantitative estimate of drug-likeness (QED) is 0.686. The Labute approximate surface area is 77.2 Å². The molecule has 68 valence electrons.